The number of ether oxygens (including phenoxy) is 1. The van der Waals surface area contributed by atoms with Gasteiger partial charge in [0.05, 0.1) is 12.4 Å². The quantitative estimate of drug-likeness (QED) is 0.759. The van der Waals surface area contributed by atoms with Gasteiger partial charge in [0.1, 0.15) is 0 Å². The highest BCUT2D eigenvalue weighted by atomic mass is 32.2. The van der Waals surface area contributed by atoms with Crippen molar-refractivity contribution in [2.24, 2.45) is 0 Å². The predicted molar refractivity (Wildman–Crippen MR) is 68.5 cm³/mol. The van der Waals surface area contributed by atoms with Crippen LogP contribution in [0.1, 0.15) is 5.56 Å². The van der Waals surface area contributed by atoms with Gasteiger partial charge in [0.2, 0.25) is 10.0 Å². The second-order valence-electron chi connectivity index (χ2n) is 3.64. The maximum atomic E-state index is 11.6. The zero-order valence-electron chi connectivity index (χ0n) is 10.1. The third-order valence-electron chi connectivity index (χ3n) is 2.16. The van der Waals surface area contributed by atoms with Crippen LogP contribution in [-0.4, -0.2) is 34.9 Å². The van der Waals surface area contributed by atoms with E-state index in [1.165, 1.54) is 7.11 Å². The molecule has 0 aliphatic heterocycles. The van der Waals surface area contributed by atoms with Gasteiger partial charge in [-0.2, -0.15) is 0 Å². The van der Waals surface area contributed by atoms with Crippen LogP contribution in [0.25, 0.3) is 0 Å². The van der Waals surface area contributed by atoms with Gasteiger partial charge >= 0.3 is 0 Å². The molecule has 2 N–H and O–H groups in total. The molecule has 0 saturated carbocycles. The Bertz CT molecular complexity index is 429. The third-order valence-corrected chi connectivity index (χ3v) is 3.42. The highest BCUT2D eigenvalue weighted by Crippen LogP contribution is 2.11. The molecule has 0 bridgehead atoms. The zero-order chi connectivity index (χ0) is 12.7. The molecule has 1 aromatic carbocycles. The number of hydrogen-bond acceptors (Lipinski definition) is 4. The number of anilines is 1. The molecule has 0 aromatic heterocycles. The van der Waals surface area contributed by atoms with E-state index in [1.807, 2.05) is 19.2 Å². The fourth-order valence-electron chi connectivity index (χ4n) is 1.32. The van der Waals surface area contributed by atoms with Crippen molar-refractivity contribution in [3.8, 4) is 0 Å². The number of benzene rings is 1. The first kappa shape index (κ1) is 14.0. The SMILES string of the molecule is CNCc1ccc(NS(=O)(=O)CCOC)cc1. The van der Waals surface area contributed by atoms with Gasteiger partial charge in [-0.15, -0.1) is 0 Å². The van der Waals surface area contributed by atoms with Gasteiger partial charge in [0.25, 0.3) is 0 Å². The largest absolute Gasteiger partial charge is 0.384 e. The van der Waals surface area contributed by atoms with E-state index in [1.54, 1.807) is 12.1 Å². The number of nitrogens with one attached hydrogen (secondary N) is 2. The Morgan fingerprint density at radius 3 is 2.41 bits per heavy atom. The van der Waals surface area contributed by atoms with Crippen molar-refractivity contribution in [3.63, 3.8) is 0 Å². The molecule has 0 atom stereocenters. The first-order valence-corrected chi connectivity index (χ1v) is 6.95. The van der Waals surface area contributed by atoms with E-state index in [2.05, 4.69) is 10.0 Å². The third kappa shape index (κ3) is 5.16. The summed E-state index contributed by atoms with van der Waals surface area (Å²) in [7, 11) is 0.0242. The second-order valence-corrected chi connectivity index (χ2v) is 5.48. The summed E-state index contributed by atoms with van der Waals surface area (Å²) in [6.07, 6.45) is 0. The molecule has 6 heteroatoms. The number of sulfonamides is 1. The van der Waals surface area contributed by atoms with Crippen molar-refractivity contribution in [2.75, 3.05) is 31.2 Å². The fourth-order valence-corrected chi connectivity index (χ4v) is 2.30. The normalized spacial score (nSPS) is 11.4. The minimum atomic E-state index is -3.31. The average molecular weight is 258 g/mol. The summed E-state index contributed by atoms with van der Waals surface area (Å²) < 4.78 is 30.4. The van der Waals surface area contributed by atoms with Gasteiger partial charge in [0.15, 0.2) is 0 Å². The lowest BCUT2D eigenvalue weighted by atomic mass is 10.2. The molecule has 0 unspecified atom stereocenters. The Morgan fingerprint density at radius 1 is 1.24 bits per heavy atom. The van der Waals surface area contributed by atoms with Crippen molar-refractivity contribution < 1.29 is 13.2 Å². The Morgan fingerprint density at radius 2 is 1.88 bits per heavy atom. The topological polar surface area (TPSA) is 67.4 Å². The molecule has 1 rings (SSSR count). The van der Waals surface area contributed by atoms with Gasteiger partial charge in [0, 0.05) is 19.3 Å². The van der Waals surface area contributed by atoms with Crippen LogP contribution in [0.2, 0.25) is 0 Å². The van der Waals surface area contributed by atoms with Crippen molar-refractivity contribution >= 4 is 15.7 Å². The van der Waals surface area contributed by atoms with Crippen LogP contribution < -0.4 is 10.0 Å². The van der Waals surface area contributed by atoms with Crippen LogP contribution in [0.15, 0.2) is 24.3 Å². The Kier molecular flexibility index (Phi) is 5.40. The zero-order valence-corrected chi connectivity index (χ0v) is 10.9. The molecular weight excluding hydrogens is 240 g/mol. The monoisotopic (exact) mass is 258 g/mol. The van der Waals surface area contributed by atoms with Gasteiger partial charge in [-0.25, -0.2) is 8.42 Å². The molecule has 0 spiro atoms. The summed E-state index contributed by atoms with van der Waals surface area (Å²) >= 11 is 0. The van der Waals surface area contributed by atoms with E-state index < -0.39 is 10.0 Å². The van der Waals surface area contributed by atoms with E-state index in [4.69, 9.17) is 4.74 Å². The van der Waals surface area contributed by atoms with Crippen molar-refractivity contribution in [2.45, 2.75) is 6.54 Å². The number of hydrogen-bond donors (Lipinski definition) is 2. The molecule has 96 valence electrons. The molecule has 0 heterocycles. The Balaban J connectivity index is 2.62. The van der Waals surface area contributed by atoms with E-state index in [0.717, 1.165) is 12.1 Å². The lowest BCUT2D eigenvalue weighted by Crippen LogP contribution is -2.19. The molecule has 0 radical (unpaired) electrons. The standard InChI is InChI=1S/C11H18N2O3S/c1-12-9-10-3-5-11(6-4-10)13-17(14,15)8-7-16-2/h3-6,12-13H,7-9H2,1-2H3. The molecule has 5 nitrogen and oxygen atoms in total. The van der Waals surface area contributed by atoms with E-state index >= 15 is 0 Å². The summed E-state index contributed by atoms with van der Waals surface area (Å²) in [5, 5.41) is 3.02. The average Bonchev–Trinajstić information content (AvgIpc) is 2.29. The molecule has 0 saturated heterocycles. The Labute approximate surface area is 102 Å². The minimum Gasteiger partial charge on any atom is -0.384 e. The lowest BCUT2D eigenvalue weighted by Gasteiger charge is -2.08. The highest BCUT2D eigenvalue weighted by molar-refractivity contribution is 7.92. The van der Waals surface area contributed by atoms with Crippen LogP contribution in [0.3, 0.4) is 0 Å². The highest BCUT2D eigenvalue weighted by Gasteiger charge is 2.09. The maximum Gasteiger partial charge on any atom is 0.234 e. The van der Waals surface area contributed by atoms with Crippen LogP contribution >= 0.6 is 0 Å². The Hall–Kier alpha value is -1.11. The minimum absolute atomic E-state index is 0.0399. The summed E-state index contributed by atoms with van der Waals surface area (Å²) in [5.74, 6) is -0.0399. The summed E-state index contributed by atoms with van der Waals surface area (Å²) in [6.45, 7) is 0.948. The lowest BCUT2D eigenvalue weighted by molar-refractivity contribution is 0.217. The van der Waals surface area contributed by atoms with E-state index in [-0.39, 0.29) is 12.4 Å². The van der Waals surface area contributed by atoms with E-state index in [9.17, 15) is 8.42 Å². The number of rotatable bonds is 7. The fraction of sp³-hybridized carbons (Fsp3) is 0.455. The van der Waals surface area contributed by atoms with Crippen LogP contribution in [-0.2, 0) is 21.3 Å². The summed E-state index contributed by atoms with van der Waals surface area (Å²) in [6, 6.07) is 7.25. The molecule has 1 aromatic rings. The predicted octanol–water partition coefficient (Wildman–Crippen LogP) is 0.794. The van der Waals surface area contributed by atoms with Gasteiger partial charge < -0.3 is 10.1 Å². The van der Waals surface area contributed by atoms with Crippen molar-refractivity contribution in [3.05, 3.63) is 29.8 Å². The first-order chi connectivity index (χ1) is 8.07. The van der Waals surface area contributed by atoms with Crippen molar-refractivity contribution in [1.29, 1.82) is 0 Å². The molecule has 0 fully saturated rings. The van der Waals surface area contributed by atoms with Crippen molar-refractivity contribution in [1.82, 2.24) is 5.32 Å². The molecule has 17 heavy (non-hydrogen) atoms. The second kappa shape index (κ2) is 6.58. The van der Waals surface area contributed by atoms with Crippen LogP contribution in [0.5, 0.6) is 0 Å². The summed E-state index contributed by atoms with van der Waals surface area (Å²) in [5.41, 5.74) is 1.67. The number of methoxy groups -OCH3 is 1. The van der Waals surface area contributed by atoms with Crippen LogP contribution in [0, 0.1) is 0 Å². The maximum absolute atomic E-state index is 11.6. The van der Waals surface area contributed by atoms with E-state index in [0.29, 0.717) is 5.69 Å². The van der Waals surface area contributed by atoms with Gasteiger partial charge in [-0.3, -0.25) is 4.72 Å². The first-order valence-electron chi connectivity index (χ1n) is 5.30. The smallest absolute Gasteiger partial charge is 0.234 e. The molecule has 0 amide bonds. The molecular formula is C11H18N2O3S. The van der Waals surface area contributed by atoms with Gasteiger partial charge in [-0.1, -0.05) is 12.1 Å². The molecule has 0 aliphatic rings. The summed E-state index contributed by atoms with van der Waals surface area (Å²) in [4.78, 5) is 0. The van der Waals surface area contributed by atoms with Crippen LogP contribution in [0.4, 0.5) is 5.69 Å². The molecule has 0 aliphatic carbocycles. The van der Waals surface area contributed by atoms with Gasteiger partial charge in [-0.05, 0) is 24.7 Å².